The van der Waals surface area contributed by atoms with E-state index in [9.17, 15) is 14.4 Å². The molecule has 5 heteroatoms. The maximum atomic E-state index is 12.8. The van der Waals surface area contributed by atoms with Crippen LogP contribution in [0.4, 0.5) is 5.69 Å². The number of rotatable bonds is 4. The summed E-state index contributed by atoms with van der Waals surface area (Å²) in [6.45, 7) is 6.26. The van der Waals surface area contributed by atoms with Gasteiger partial charge in [-0.3, -0.25) is 14.4 Å². The number of hydrogen-bond donors (Lipinski definition) is 1. The molecular formula is C23H26N2O3. The normalized spacial score (nSPS) is 16.5. The number of benzene rings is 2. The molecule has 1 aliphatic rings. The van der Waals surface area contributed by atoms with Gasteiger partial charge in [0.15, 0.2) is 5.78 Å². The van der Waals surface area contributed by atoms with Crippen molar-refractivity contribution in [3.8, 4) is 0 Å². The standard InChI is InChI=1S/C23H26N2O3/c1-15-14-20(23(28)25-13-5-4-6-16(25)2)11-12-21(15)24-22(27)19-9-7-18(8-10-19)17(3)26/h7-12,14,16H,4-6,13H2,1-3H3,(H,24,27). The first-order chi connectivity index (χ1) is 13.4. The smallest absolute Gasteiger partial charge is 0.255 e. The summed E-state index contributed by atoms with van der Waals surface area (Å²) in [5.41, 5.74) is 3.21. The second kappa shape index (κ2) is 8.38. The van der Waals surface area contributed by atoms with Gasteiger partial charge in [-0.25, -0.2) is 0 Å². The van der Waals surface area contributed by atoms with E-state index < -0.39 is 0 Å². The largest absolute Gasteiger partial charge is 0.336 e. The quantitative estimate of drug-likeness (QED) is 0.799. The number of carbonyl (C=O) groups excluding carboxylic acids is 3. The molecule has 1 fully saturated rings. The number of nitrogens with zero attached hydrogens (tertiary/aromatic N) is 1. The van der Waals surface area contributed by atoms with Crippen LogP contribution in [0.5, 0.6) is 0 Å². The second-order valence-corrected chi connectivity index (χ2v) is 7.46. The monoisotopic (exact) mass is 378 g/mol. The molecule has 1 atom stereocenters. The van der Waals surface area contributed by atoms with E-state index in [0.717, 1.165) is 24.9 Å². The Morgan fingerprint density at radius 2 is 1.61 bits per heavy atom. The van der Waals surface area contributed by atoms with E-state index in [0.29, 0.717) is 22.4 Å². The fourth-order valence-corrected chi connectivity index (χ4v) is 3.55. The van der Waals surface area contributed by atoms with E-state index in [2.05, 4.69) is 12.2 Å². The minimum absolute atomic E-state index is 0.0360. The highest BCUT2D eigenvalue weighted by molar-refractivity contribution is 6.05. The molecule has 0 bridgehead atoms. The van der Waals surface area contributed by atoms with Gasteiger partial charge in [0.1, 0.15) is 0 Å². The zero-order valence-electron chi connectivity index (χ0n) is 16.6. The molecule has 3 rings (SSSR count). The number of hydrogen-bond acceptors (Lipinski definition) is 3. The lowest BCUT2D eigenvalue weighted by atomic mass is 10.0. The Hall–Kier alpha value is -2.95. The molecule has 2 amide bonds. The van der Waals surface area contributed by atoms with Gasteiger partial charge in [0, 0.05) is 35.0 Å². The van der Waals surface area contributed by atoms with Crippen molar-refractivity contribution in [1.82, 2.24) is 4.90 Å². The molecule has 1 N–H and O–H groups in total. The predicted molar refractivity (Wildman–Crippen MR) is 110 cm³/mol. The topological polar surface area (TPSA) is 66.5 Å². The van der Waals surface area contributed by atoms with Crippen molar-refractivity contribution in [1.29, 1.82) is 0 Å². The number of amides is 2. The van der Waals surface area contributed by atoms with Gasteiger partial charge in [0.25, 0.3) is 11.8 Å². The molecule has 1 unspecified atom stereocenters. The van der Waals surface area contributed by atoms with Gasteiger partial charge in [0.2, 0.25) is 0 Å². The van der Waals surface area contributed by atoms with Crippen molar-refractivity contribution < 1.29 is 14.4 Å². The highest BCUT2D eigenvalue weighted by Crippen LogP contribution is 2.22. The first kappa shape index (κ1) is 19.8. The first-order valence-corrected chi connectivity index (χ1v) is 9.71. The van der Waals surface area contributed by atoms with E-state index in [1.807, 2.05) is 17.9 Å². The maximum absolute atomic E-state index is 12.8. The zero-order valence-corrected chi connectivity index (χ0v) is 16.6. The first-order valence-electron chi connectivity index (χ1n) is 9.71. The van der Waals surface area contributed by atoms with Gasteiger partial charge < -0.3 is 10.2 Å². The summed E-state index contributed by atoms with van der Waals surface area (Å²) in [6.07, 6.45) is 3.26. The van der Waals surface area contributed by atoms with E-state index in [1.54, 1.807) is 36.4 Å². The van der Waals surface area contributed by atoms with E-state index in [-0.39, 0.29) is 23.6 Å². The average Bonchev–Trinajstić information content (AvgIpc) is 2.69. The van der Waals surface area contributed by atoms with Crippen LogP contribution in [-0.2, 0) is 0 Å². The van der Waals surface area contributed by atoms with Crippen molar-refractivity contribution in [3.05, 3.63) is 64.7 Å². The minimum atomic E-state index is -0.248. The molecule has 0 aromatic heterocycles. The van der Waals surface area contributed by atoms with Gasteiger partial charge in [-0.05, 0) is 75.9 Å². The highest BCUT2D eigenvalue weighted by atomic mass is 16.2. The van der Waals surface area contributed by atoms with Crippen molar-refractivity contribution >= 4 is 23.3 Å². The van der Waals surface area contributed by atoms with Crippen molar-refractivity contribution in [2.75, 3.05) is 11.9 Å². The molecule has 1 heterocycles. The van der Waals surface area contributed by atoms with Crippen LogP contribution in [0, 0.1) is 6.92 Å². The Balaban J connectivity index is 1.72. The van der Waals surface area contributed by atoms with Crippen molar-refractivity contribution in [2.45, 2.75) is 46.1 Å². The number of carbonyl (C=O) groups is 3. The summed E-state index contributed by atoms with van der Waals surface area (Å²) in [4.78, 5) is 38.6. The number of anilines is 1. The number of likely N-dealkylation sites (tertiary alicyclic amines) is 1. The Morgan fingerprint density at radius 1 is 0.964 bits per heavy atom. The maximum Gasteiger partial charge on any atom is 0.255 e. The number of ketones is 1. The Morgan fingerprint density at radius 3 is 2.21 bits per heavy atom. The van der Waals surface area contributed by atoms with Crippen molar-refractivity contribution in [2.24, 2.45) is 0 Å². The molecule has 1 aliphatic heterocycles. The molecule has 0 spiro atoms. The van der Waals surface area contributed by atoms with Gasteiger partial charge in [-0.2, -0.15) is 0 Å². The zero-order chi connectivity index (χ0) is 20.3. The van der Waals surface area contributed by atoms with E-state index in [4.69, 9.17) is 0 Å². The lowest BCUT2D eigenvalue weighted by Gasteiger charge is -2.33. The number of aryl methyl sites for hydroxylation is 1. The average molecular weight is 378 g/mol. The van der Waals surface area contributed by atoms with Gasteiger partial charge in [-0.1, -0.05) is 12.1 Å². The predicted octanol–water partition coefficient (Wildman–Crippen LogP) is 4.46. The number of nitrogens with one attached hydrogen (secondary N) is 1. The van der Waals surface area contributed by atoms with Gasteiger partial charge in [-0.15, -0.1) is 0 Å². The molecule has 0 saturated carbocycles. The molecule has 2 aromatic rings. The second-order valence-electron chi connectivity index (χ2n) is 7.46. The molecule has 0 radical (unpaired) electrons. The van der Waals surface area contributed by atoms with Crippen molar-refractivity contribution in [3.63, 3.8) is 0 Å². The summed E-state index contributed by atoms with van der Waals surface area (Å²) >= 11 is 0. The molecule has 28 heavy (non-hydrogen) atoms. The molecular weight excluding hydrogens is 352 g/mol. The fourth-order valence-electron chi connectivity index (χ4n) is 3.55. The molecule has 1 saturated heterocycles. The molecule has 5 nitrogen and oxygen atoms in total. The minimum Gasteiger partial charge on any atom is -0.336 e. The lowest BCUT2D eigenvalue weighted by molar-refractivity contribution is 0.0635. The van der Waals surface area contributed by atoms with Crippen LogP contribution in [0.15, 0.2) is 42.5 Å². The third-order valence-electron chi connectivity index (χ3n) is 5.34. The van der Waals surface area contributed by atoms with Crippen LogP contribution in [-0.4, -0.2) is 35.1 Å². The third-order valence-corrected chi connectivity index (χ3v) is 5.34. The lowest BCUT2D eigenvalue weighted by Crippen LogP contribution is -2.42. The summed E-state index contributed by atoms with van der Waals surface area (Å²) in [7, 11) is 0. The fraction of sp³-hybridized carbons (Fsp3) is 0.348. The Bertz CT molecular complexity index is 903. The summed E-state index contributed by atoms with van der Waals surface area (Å²) in [6, 6.07) is 12.2. The van der Waals surface area contributed by atoms with Gasteiger partial charge >= 0.3 is 0 Å². The summed E-state index contributed by atoms with van der Waals surface area (Å²) in [5.74, 6) is -0.235. The molecule has 146 valence electrons. The van der Waals surface area contributed by atoms with Crippen LogP contribution in [0.2, 0.25) is 0 Å². The van der Waals surface area contributed by atoms with Crippen LogP contribution >= 0.6 is 0 Å². The number of Topliss-reactive ketones (excluding diaryl/α,β-unsaturated/α-hetero) is 1. The van der Waals surface area contributed by atoms with E-state index in [1.165, 1.54) is 13.3 Å². The summed E-state index contributed by atoms with van der Waals surface area (Å²) in [5, 5.41) is 2.88. The Labute approximate surface area is 165 Å². The van der Waals surface area contributed by atoms with Gasteiger partial charge in [0.05, 0.1) is 0 Å². The summed E-state index contributed by atoms with van der Waals surface area (Å²) < 4.78 is 0. The SMILES string of the molecule is CC(=O)c1ccc(C(=O)Nc2ccc(C(=O)N3CCCCC3C)cc2C)cc1. The van der Waals surface area contributed by atoms with E-state index >= 15 is 0 Å². The third kappa shape index (κ3) is 4.30. The van der Waals surface area contributed by atoms with Crippen LogP contribution < -0.4 is 5.32 Å². The van der Waals surface area contributed by atoms with Crippen LogP contribution in [0.3, 0.4) is 0 Å². The highest BCUT2D eigenvalue weighted by Gasteiger charge is 2.24. The molecule has 2 aromatic carbocycles. The number of piperidine rings is 1. The Kier molecular flexibility index (Phi) is 5.93. The van der Waals surface area contributed by atoms with Crippen LogP contribution in [0.25, 0.3) is 0 Å². The molecule has 0 aliphatic carbocycles. The van der Waals surface area contributed by atoms with Crippen LogP contribution in [0.1, 0.15) is 69.7 Å².